The van der Waals surface area contributed by atoms with Crippen molar-refractivity contribution in [3.05, 3.63) is 45.8 Å². The van der Waals surface area contributed by atoms with Crippen LogP contribution in [0.5, 0.6) is 0 Å². The van der Waals surface area contributed by atoms with Gasteiger partial charge in [-0.1, -0.05) is 6.92 Å². The molecule has 0 bridgehead atoms. The maximum atomic E-state index is 13.7. The molecule has 0 aliphatic carbocycles. The monoisotopic (exact) mass is 354 g/mol. The molecular formula is C18H19FN6O. The van der Waals surface area contributed by atoms with Gasteiger partial charge in [-0.2, -0.15) is 9.65 Å². The summed E-state index contributed by atoms with van der Waals surface area (Å²) in [6.07, 6.45) is 1.98. The number of aromatic nitrogens is 3. The van der Waals surface area contributed by atoms with Crippen molar-refractivity contribution in [2.75, 3.05) is 36.0 Å². The van der Waals surface area contributed by atoms with E-state index in [1.165, 1.54) is 0 Å². The number of halogens is 1. The topological polar surface area (TPSA) is 88.9 Å². The summed E-state index contributed by atoms with van der Waals surface area (Å²) in [6.45, 7) is 5.07. The minimum Gasteiger partial charge on any atom is -0.356 e. The van der Waals surface area contributed by atoms with Crippen LogP contribution in [0.4, 0.5) is 16.2 Å². The number of H-pyrrole nitrogens is 1. The van der Waals surface area contributed by atoms with Crippen LogP contribution in [-0.4, -0.2) is 41.1 Å². The molecule has 0 saturated carbocycles. The third kappa shape index (κ3) is 2.79. The van der Waals surface area contributed by atoms with E-state index in [1.807, 2.05) is 11.0 Å². The first-order valence-electron chi connectivity index (χ1n) is 8.73. The summed E-state index contributed by atoms with van der Waals surface area (Å²) in [6, 6.07) is 5.73. The van der Waals surface area contributed by atoms with E-state index in [0.717, 1.165) is 32.0 Å². The highest BCUT2D eigenvalue weighted by molar-refractivity contribution is 5.45. The standard InChI is InChI=1S/C18H19FN6O/c1-2-14-16(19)17(26)23-18(22-14)25-9-12-7-24(8-13(12)10-25)15-4-3-11(5-20)6-21-15/h3-4,6,12-13H,2,7-10H2,1H3,(H,22,23,26). The van der Waals surface area contributed by atoms with Gasteiger partial charge in [-0.3, -0.25) is 9.78 Å². The average Bonchev–Trinajstić information content (AvgIpc) is 3.23. The number of pyridine rings is 1. The molecule has 0 amide bonds. The molecular weight excluding hydrogens is 335 g/mol. The first-order valence-corrected chi connectivity index (χ1v) is 8.73. The van der Waals surface area contributed by atoms with E-state index in [1.54, 1.807) is 19.2 Å². The molecule has 2 aromatic heterocycles. The van der Waals surface area contributed by atoms with Crippen molar-refractivity contribution >= 4 is 11.8 Å². The molecule has 2 fully saturated rings. The van der Waals surface area contributed by atoms with Gasteiger partial charge >= 0.3 is 0 Å². The van der Waals surface area contributed by atoms with Crippen LogP contribution in [0.3, 0.4) is 0 Å². The summed E-state index contributed by atoms with van der Waals surface area (Å²) < 4.78 is 13.7. The lowest BCUT2D eigenvalue weighted by atomic mass is 10.0. The van der Waals surface area contributed by atoms with Gasteiger partial charge in [-0.15, -0.1) is 0 Å². The number of nitrogens with one attached hydrogen (secondary N) is 1. The highest BCUT2D eigenvalue weighted by atomic mass is 19.1. The minimum atomic E-state index is -0.784. The van der Waals surface area contributed by atoms with Crippen LogP contribution in [0, 0.1) is 29.0 Å². The normalized spacial score (nSPS) is 21.7. The van der Waals surface area contributed by atoms with E-state index >= 15 is 0 Å². The summed E-state index contributed by atoms with van der Waals surface area (Å²) in [5, 5.41) is 8.87. The van der Waals surface area contributed by atoms with E-state index in [-0.39, 0.29) is 5.69 Å². The molecule has 2 saturated heterocycles. The molecule has 4 heterocycles. The number of hydrogen-bond acceptors (Lipinski definition) is 6. The number of fused-ring (bicyclic) bond motifs is 1. The zero-order valence-electron chi connectivity index (χ0n) is 14.4. The summed E-state index contributed by atoms with van der Waals surface area (Å²) in [5.41, 5.74) is 0.0638. The molecule has 4 rings (SSSR count). The van der Waals surface area contributed by atoms with Gasteiger partial charge in [0.15, 0.2) is 0 Å². The molecule has 2 atom stereocenters. The SMILES string of the molecule is CCc1nc(N2CC3CN(c4ccc(C#N)cn4)CC3C2)[nH]c(=O)c1F. The Morgan fingerprint density at radius 2 is 1.96 bits per heavy atom. The van der Waals surface area contributed by atoms with Crippen molar-refractivity contribution < 1.29 is 4.39 Å². The van der Waals surface area contributed by atoms with Gasteiger partial charge in [0, 0.05) is 44.2 Å². The van der Waals surface area contributed by atoms with Gasteiger partial charge in [-0.05, 0) is 18.6 Å². The molecule has 26 heavy (non-hydrogen) atoms. The van der Waals surface area contributed by atoms with Crippen LogP contribution >= 0.6 is 0 Å². The Bertz CT molecular complexity index is 905. The minimum absolute atomic E-state index is 0.212. The van der Waals surface area contributed by atoms with E-state index in [0.29, 0.717) is 29.8 Å². The zero-order valence-corrected chi connectivity index (χ0v) is 14.4. The molecule has 2 aliphatic rings. The molecule has 1 N–H and O–H groups in total. The van der Waals surface area contributed by atoms with Crippen molar-refractivity contribution in [1.82, 2.24) is 15.0 Å². The maximum Gasteiger partial charge on any atom is 0.288 e. The number of aryl methyl sites for hydroxylation is 1. The van der Waals surface area contributed by atoms with Gasteiger partial charge in [0.05, 0.1) is 11.3 Å². The lowest BCUT2D eigenvalue weighted by Crippen LogP contribution is -2.32. The molecule has 2 unspecified atom stereocenters. The van der Waals surface area contributed by atoms with Crippen LogP contribution in [0.15, 0.2) is 23.1 Å². The van der Waals surface area contributed by atoms with E-state index in [9.17, 15) is 9.18 Å². The van der Waals surface area contributed by atoms with Crippen LogP contribution in [0.2, 0.25) is 0 Å². The molecule has 8 heteroatoms. The van der Waals surface area contributed by atoms with Crippen molar-refractivity contribution in [2.45, 2.75) is 13.3 Å². The summed E-state index contributed by atoms with van der Waals surface area (Å²) in [5.74, 6) is 1.44. The van der Waals surface area contributed by atoms with E-state index < -0.39 is 11.4 Å². The maximum absolute atomic E-state index is 13.7. The largest absolute Gasteiger partial charge is 0.356 e. The zero-order chi connectivity index (χ0) is 18.3. The highest BCUT2D eigenvalue weighted by Gasteiger charge is 2.41. The summed E-state index contributed by atoms with van der Waals surface area (Å²) >= 11 is 0. The molecule has 2 aromatic rings. The smallest absolute Gasteiger partial charge is 0.288 e. The molecule has 134 valence electrons. The molecule has 0 spiro atoms. The highest BCUT2D eigenvalue weighted by Crippen LogP contribution is 2.34. The first-order chi connectivity index (χ1) is 12.6. The number of anilines is 2. The summed E-state index contributed by atoms with van der Waals surface area (Å²) in [7, 11) is 0. The van der Waals surface area contributed by atoms with Crippen LogP contribution in [-0.2, 0) is 6.42 Å². The third-order valence-electron chi connectivity index (χ3n) is 5.24. The molecule has 2 aliphatic heterocycles. The number of nitrogens with zero attached hydrogens (tertiary/aromatic N) is 5. The Labute approximate surface area is 150 Å². The Kier molecular flexibility index (Phi) is 4.07. The van der Waals surface area contributed by atoms with E-state index in [4.69, 9.17) is 5.26 Å². The van der Waals surface area contributed by atoms with Crippen molar-refractivity contribution in [1.29, 1.82) is 5.26 Å². The van der Waals surface area contributed by atoms with Crippen LogP contribution in [0.25, 0.3) is 0 Å². The van der Waals surface area contributed by atoms with Gasteiger partial charge in [0.1, 0.15) is 11.9 Å². The number of hydrogen-bond donors (Lipinski definition) is 1. The van der Waals surface area contributed by atoms with Gasteiger partial charge < -0.3 is 9.80 Å². The molecule has 7 nitrogen and oxygen atoms in total. The Balaban J connectivity index is 1.47. The number of nitriles is 1. The second-order valence-electron chi connectivity index (χ2n) is 6.85. The predicted molar refractivity (Wildman–Crippen MR) is 94.6 cm³/mol. The third-order valence-corrected chi connectivity index (χ3v) is 5.24. The summed E-state index contributed by atoms with van der Waals surface area (Å²) in [4.78, 5) is 27.3. The first kappa shape index (κ1) is 16.5. The predicted octanol–water partition coefficient (Wildman–Crippen LogP) is 1.31. The Morgan fingerprint density at radius 1 is 1.27 bits per heavy atom. The second kappa shape index (κ2) is 6.41. The van der Waals surface area contributed by atoms with E-state index in [2.05, 4.69) is 25.9 Å². The fraction of sp³-hybridized carbons (Fsp3) is 0.444. The van der Waals surface area contributed by atoms with Gasteiger partial charge in [0.2, 0.25) is 11.8 Å². The number of aromatic amines is 1. The lowest BCUT2D eigenvalue weighted by Gasteiger charge is -2.23. The Hall–Kier alpha value is -2.95. The Morgan fingerprint density at radius 3 is 2.54 bits per heavy atom. The van der Waals surface area contributed by atoms with Crippen molar-refractivity contribution in [3.8, 4) is 6.07 Å². The number of rotatable bonds is 3. The van der Waals surface area contributed by atoms with Crippen LogP contribution < -0.4 is 15.4 Å². The fourth-order valence-corrected chi connectivity index (χ4v) is 3.87. The van der Waals surface area contributed by atoms with Crippen LogP contribution in [0.1, 0.15) is 18.2 Å². The lowest BCUT2D eigenvalue weighted by molar-refractivity contribution is 0.533. The van der Waals surface area contributed by atoms with Crippen molar-refractivity contribution in [3.63, 3.8) is 0 Å². The fourth-order valence-electron chi connectivity index (χ4n) is 3.87. The molecule has 0 aromatic carbocycles. The average molecular weight is 354 g/mol. The van der Waals surface area contributed by atoms with Gasteiger partial charge in [0.25, 0.3) is 5.56 Å². The second-order valence-corrected chi connectivity index (χ2v) is 6.85. The molecule has 0 radical (unpaired) electrons. The van der Waals surface area contributed by atoms with Crippen molar-refractivity contribution in [2.24, 2.45) is 11.8 Å². The van der Waals surface area contributed by atoms with Gasteiger partial charge in [-0.25, -0.2) is 9.97 Å². The quantitative estimate of drug-likeness (QED) is 0.894.